The second-order valence-corrected chi connectivity index (χ2v) is 7.05. The van der Waals surface area contributed by atoms with Crippen LogP contribution in [0.2, 0.25) is 0 Å². The summed E-state index contributed by atoms with van der Waals surface area (Å²) in [6.07, 6.45) is 5.09. The molecule has 110 valence electrons. The Hall–Kier alpha value is -1.20. The number of hydrogen-bond acceptors (Lipinski definition) is 4. The zero-order valence-electron chi connectivity index (χ0n) is 13.0. The average molecular weight is 292 g/mol. The highest BCUT2D eigenvalue weighted by Crippen LogP contribution is 2.29. The maximum atomic E-state index is 4.84. The summed E-state index contributed by atoms with van der Waals surface area (Å²) in [5.41, 5.74) is 2.43. The van der Waals surface area contributed by atoms with Crippen molar-refractivity contribution in [1.82, 2.24) is 20.1 Å². The Balaban J connectivity index is 2.29. The van der Waals surface area contributed by atoms with Gasteiger partial charge in [0.05, 0.1) is 17.9 Å². The topological polar surface area (TPSA) is 42.7 Å². The van der Waals surface area contributed by atoms with Crippen molar-refractivity contribution in [2.24, 2.45) is 7.05 Å². The molecule has 20 heavy (non-hydrogen) atoms. The molecule has 1 unspecified atom stereocenters. The molecule has 5 heteroatoms. The standard InChI is InChI=1S/C15H24N4S/c1-6-7-16-13(11-8-17-19(5)9-11)14-18-12(10-20-14)15(2,3)4/h8-10,13,16H,6-7H2,1-5H3. The van der Waals surface area contributed by atoms with Gasteiger partial charge in [-0.15, -0.1) is 11.3 Å². The molecule has 2 aromatic heterocycles. The van der Waals surface area contributed by atoms with Crippen LogP contribution in [-0.2, 0) is 12.5 Å². The number of hydrogen-bond donors (Lipinski definition) is 1. The lowest BCUT2D eigenvalue weighted by molar-refractivity contribution is 0.557. The van der Waals surface area contributed by atoms with Crippen LogP contribution in [0.5, 0.6) is 0 Å². The molecule has 0 saturated carbocycles. The first kappa shape index (κ1) is 15.2. The molecule has 0 aliphatic carbocycles. The molecule has 4 nitrogen and oxygen atoms in total. The monoisotopic (exact) mass is 292 g/mol. The van der Waals surface area contributed by atoms with E-state index in [2.05, 4.69) is 49.7 Å². The highest BCUT2D eigenvalue weighted by atomic mass is 32.1. The molecule has 0 fully saturated rings. The Morgan fingerprint density at radius 2 is 2.15 bits per heavy atom. The van der Waals surface area contributed by atoms with Crippen molar-refractivity contribution >= 4 is 11.3 Å². The summed E-state index contributed by atoms with van der Waals surface area (Å²) in [6, 6.07) is 0.143. The molecular weight excluding hydrogens is 268 g/mol. The van der Waals surface area contributed by atoms with E-state index in [0.29, 0.717) is 0 Å². The lowest BCUT2D eigenvalue weighted by atomic mass is 9.93. The summed E-state index contributed by atoms with van der Waals surface area (Å²) >= 11 is 1.73. The van der Waals surface area contributed by atoms with Gasteiger partial charge >= 0.3 is 0 Å². The summed E-state index contributed by atoms with van der Waals surface area (Å²) in [5.74, 6) is 0. The Labute approximate surface area is 125 Å². The maximum Gasteiger partial charge on any atom is 0.115 e. The zero-order chi connectivity index (χ0) is 14.8. The fraction of sp³-hybridized carbons (Fsp3) is 0.600. The van der Waals surface area contributed by atoms with Crippen molar-refractivity contribution in [2.45, 2.75) is 45.6 Å². The van der Waals surface area contributed by atoms with Crippen molar-refractivity contribution in [3.05, 3.63) is 34.0 Å². The summed E-state index contributed by atoms with van der Waals surface area (Å²) in [6.45, 7) is 9.75. The van der Waals surface area contributed by atoms with Crippen molar-refractivity contribution in [3.63, 3.8) is 0 Å². The molecule has 0 aromatic carbocycles. The zero-order valence-corrected chi connectivity index (χ0v) is 13.8. The minimum absolute atomic E-state index is 0.0962. The highest BCUT2D eigenvalue weighted by Gasteiger charge is 2.22. The van der Waals surface area contributed by atoms with Crippen LogP contribution in [0.4, 0.5) is 0 Å². The molecule has 1 atom stereocenters. The quantitative estimate of drug-likeness (QED) is 0.920. The Morgan fingerprint density at radius 3 is 2.65 bits per heavy atom. The van der Waals surface area contributed by atoms with Crippen molar-refractivity contribution in [3.8, 4) is 0 Å². The highest BCUT2D eigenvalue weighted by molar-refractivity contribution is 7.09. The molecule has 2 aromatic rings. The predicted molar refractivity (Wildman–Crippen MR) is 84.2 cm³/mol. The van der Waals surface area contributed by atoms with Crippen molar-refractivity contribution in [2.75, 3.05) is 6.54 Å². The molecule has 0 amide bonds. The van der Waals surface area contributed by atoms with Crippen LogP contribution in [0.3, 0.4) is 0 Å². The SMILES string of the molecule is CCCNC(c1cnn(C)c1)c1nc(C(C)(C)C)cs1. The summed E-state index contributed by atoms with van der Waals surface area (Å²) in [7, 11) is 1.95. The molecule has 0 bridgehead atoms. The molecule has 0 aliphatic rings. The van der Waals surface area contributed by atoms with E-state index in [-0.39, 0.29) is 11.5 Å². The lowest BCUT2D eigenvalue weighted by Crippen LogP contribution is -2.23. The molecule has 0 saturated heterocycles. The van der Waals surface area contributed by atoms with Gasteiger partial charge in [-0.3, -0.25) is 4.68 Å². The van der Waals surface area contributed by atoms with E-state index in [9.17, 15) is 0 Å². The smallest absolute Gasteiger partial charge is 0.115 e. The summed E-state index contributed by atoms with van der Waals surface area (Å²) in [5, 5.41) is 11.1. The molecule has 0 aliphatic heterocycles. The van der Waals surface area contributed by atoms with Gasteiger partial charge in [-0.2, -0.15) is 5.10 Å². The number of aryl methyl sites for hydroxylation is 1. The van der Waals surface area contributed by atoms with Crippen molar-refractivity contribution in [1.29, 1.82) is 0 Å². The van der Waals surface area contributed by atoms with E-state index in [0.717, 1.165) is 23.7 Å². The minimum Gasteiger partial charge on any atom is -0.304 e. The van der Waals surface area contributed by atoms with Gasteiger partial charge < -0.3 is 5.32 Å². The number of nitrogens with zero attached hydrogens (tertiary/aromatic N) is 3. The second kappa shape index (κ2) is 6.06. The van der Waals surface area contributed by atoms with Gasteiger partial charge in [0.2, 0.25) is 0 Å². The van der Waals surface area contributed by atoms with Gasteiger partial charge in [0.25, 0.3) is 0 Å². The largest absolute Gasteiger partial charge is 0.304 e. The van der Waals surface area contributed by atoms with E-state index < -0.39 is 0 Å². The average Bonchev–Trinajstić information content (AvgIpc) is 2.99. The van der Waals surface area contributed by atoms with E-state index in [1.54, 1.807) is 11.3 Å². The first-order valence-electron chi connectivity index (χ1n) is 7.09. The number of aromatic nitrogens is 3. The second-order valence-electron chi connectivity index (χ2n) is 6.16. The summed E-state index contributed by atoms with van der Waals surface area (Å²) in [4.78, 5) is 4.84. The first-order chi connectivity index (χ1) is 9.41. The van der Waals surface area contributed by atoms with Gasteiger partial charge in [0, 0.05) is 29.6 Å². The van der Waals surface area contributed by atoms with E-state index >= 15 is 0 Å². The third kappa shape index (κ3) is 3.46. The minimum atomic E-state index is 0.0962. The van der Waals surface area contributed by atoms with E-state index in [1.807, 2.05) is 17.9 Å². The van der Waals surface area contributed by atoms with E-state index in [4.69, 9.17) is 4.98 Å². The molecule has 0 spiro atoms. The fourth-order valence-corrected chi connectivity index (χ4v) is 3.14. The van der Waals surface area contributed by atoms with Gasteiger partial charge in [-0.1, -0.05) is 27.7 Å². The summed E-state index contributed by atoms with van der Waals surface area (Å²) < 4.78 is 1.84. The van der Waals surface area contributed by atoms with Crippen LogP contribution >= 0.6 is 11.3 Å². The Kier molecular flexibility index (Phi) is 4.60. The third-order valence-electron chi connectivity index (χ3n) is 3.19. The maximum absolute atomic E-state index is 4.84. The van der Waals surface area contributed by atoms with Crippen LogP contribution in [0.1, 0.15) is 56.4 Å². The van der Waals surface area contributed by atoms with Gasteiger partial charge in [-0.05, 0) is 13.0 Å². The van der Waals surface area contributed by atoms with Gasteiger partial charge in [-0.25, -0.2) is 4.98 Å². The van der Waals surface area contributed by atoms with Crippen molar-refractivity contribution < 1.29 is 0 Å². The normalized spacial score (nSPS) is 13.7. The van der Waals surface area contributed by atoms with Crippen LogP contribution in [0.15, 0.2) is 17.8 Å². The van der Waals surface area contributed by atoms with Crippen LogP contribution in [0, 0.1) is 0 Å². The van der Waals surface area contributed by atoms with Crippen LogP contribution in [0.25, 0.3) is 0 Å². The fourth-order valence-electron chi connectivity index (χ4n) is 1.99. The first-order valence-corrected chi connectivity index (χ1v) is 7.97. The molecule has 1 N–H and O–H groups in total. The van der Waals surface area contributed by atoms with Gasteiger partial charge in [0.15, 0.2) is 0 Å². The number of rotatable bonds is 5. The number of thiazole rings is 1. The van der Waals surface area contributed by atoms with Crippen LogP contribution in [-0.4, -0.2) is 21.3 Å². The predicted octanol–water partition coefficient (Wildman–Crippen LogP) is 3.26. The Morgan fingerprint density at radius 1 is 1.40 bits per heavy atom. The molecule has 2 rings (SSSR count). The Bertz CT molecular complexity index is 550. The van der Waals surface area contributed by atoms with E-state index in [1.165, 1.54) is 5.56 Å². The van der Waals surface area contributed by atoms with Crippen LogP contribution < -0.4 is 5.32 Å². The molecular formula is C15H24N4S. The lowest BCUT2D eigenvalue weighted by Gasteiger charge is -2.16. The third-order valence-corrected chi connectivity index (χ3v) is 4.10. The number of nitrogens with one attached hydrogen (secondary N) is 1. The molecule has 0 radical (unpaired) electrons. The van der Waals surface area contributed by atoms with Gasteiger partial charge in [0.1, 0.15) is 5.01 Å². The molecule has 2 heterocycles.